The summed E-state index contributed by atoms with van der Waals surface area (Å²) in [5, 5.41) is 7.28. The van der Waals surface area contributed by atoms with Crippen molar-refractivity contribution >= 4 is 17.4 Å². The van der Waals surface area contributed by atoms with E-state index in [1.54, 1.807) is 24.1 Å². The monoisotopic (exact) mass is 189 g/mol. The van der Waals surface area contributed by atoms with E-state index >= 15 is 0 Å². The summed E-state index contributed by atoms with van der Waals surface area (Å²) in [6.45, 7) is 0. The molecule has 14 heavy (non-hydrogen) atoms. The highest BCUT2D eigenvalue weighted by Crippen LogP contribution is 2.27. The van der Waals surface area contributed by atoms with Gasteiger partial charge in [0.25, 0.3) is 0 Å². The van der Waals surface area contributed by atoms with Crippen molar-refractivity contribution in [3.8, 4) is 0 Å². The highest BCUT2D eigenvalue weighted by Gasteiger charge is 2.23. The maximum absolute atomic E-state index is 11.4. The van der Waals surface area contributed by atoms with E-state index in [-0.39, 0.29) is 11.7 Å². The first kappa shape index (κ1) is 8.74. The van der Waals surface area contributed by atoms with Gasteiger partial charge in [-0.25, -0.2) is 0 Å². The largest absolute Gasteiger partial charge is 0.384 e. The molecule has 1 aromatic rings. The zero-order valence-electron chi connectivity index (χ0n) is 7.87. The Kier molecular flexibility index (Phi) is 1.77. The highest BCUT2D eigenvalue weighted by atomic mass is 16.2. The standard InChI is InChI=1S/C10H11N3O/c1-13-8-3-2-6(10(11)12)4-7(8)5-9(13)14/h2-4H,5H2,1H3,(H3,11,12). The number of nitrogens with one attached hydrogen (secondary N) is 1. The van der Waals surface area contributed by atoms with Crippen LogP contribution < -0.4 is 10.6 Å². The summed E-state index contributed by atoms with van der Waals surface area (Å²) in [6.07, 6.45) is 0.410. The number of anilines is 1. The van der Waals surface area contributed by atoms with Crippen molar-refractivity contribution in [1.29, 1.82) is 5.41 Å². The van der Waals surface area contributed by atoms with Gasteiger partial charge >= 0.3 is 0 Å². The minimum atomic E-state index is 0.0369. The number of amides is 1. The van der Waals surface area contributed by atoms with Gasteiger partial charge in [0.2, 0.25) is 5.91 Å². The number of rotatable bonds is 1. The molecule has 0 bridgehead atoms. The van der Waals surface area contributed by atoms with Crippen molar-refractivity contribution in [2.75, 3.05) is 11.9 Å². The Labute approximate surface area is 81.8 Å². The van der Waals surface area contributed by atoms with Crippen LogP contribution in [0.2, 0.25) is 0 Å². The third-order valence-corrected chi connectivity index (χ3v) is 2.47. The lowest BCUT2D eigenvalue weighted by Gasteiger charge is -2.09. The van der Waals surface area contributed by atoms with E-state index in [0.29, 0.717) is 12.0 Å². The van der Waals surface area contributed by atoms with E-state index in [1.807, 2.05) is 6.07 Å². The van der Waals surface area contributed by atoms with E-state index in [2.05, 4.69) is 0 Å². The van der Waals surface area contributed by atoms with Crippen molar-refractivity contribution in [2.45, 2.75) is 6.42 Å². The van der Waals surface area contributed by atoms with Crippen molar-refractivity contribution in [3.63, 3.8) is 0 Å². The molecule has 4 nitrogen and oxygen atoms in total. The van der Waals surface area contributed by atoms with Crippen molar-refractivity contribution in [2.24, 2.45) is 5.73 Å². The molecule has 0 unspecified atom stereocenters. The molecule has 0 aliphatic carbocycles. The topological polar surface area (TPSA) is 70.2 Å². The smallest absolute Gasteiger partial charge is 0.231 e. The van der Waals surface area contributed by atoms with Gasteiger partial charge in [-0.3, -0.25) is 10.2 Å². The number of hydrogen-bond donors (Lipinski definition) is 2. The first-order chi connectivity index (χ1) is 6.59. The minimum absolute atomic E-state index is 0.0369. The van der Waals surface area contributed by atoms with Gasteiger partial charge in [0.05, 0.1) is 6.42 Å². The third kappa shape index (κ3) is 1.16. The third-order valence-electron chi connectivity index (χ3n) is 2.47. The molecule has 0 saturated carbocycles. The number of carbonyl (C=O) groups is 1. The van der Waals surface area contributed by atoms with Gasteiger partial charge in [0.15, 0.2) is 0 Å². The Morgan fingerprint density at radius 2 is 2.29 bits per heavy atom. The lowest BCUT2D eigenvalue weighted by Crippen LogP contribution is -2.20. The Bertz CT molecular complexity index is 425. The molecule has 3 N–H and O–H groups in total. The molecule has 1 heterocycles. The molecule has 0 fully saturated rings. The van der Waals surface area contributed by atoms with Crippen molar-refractivity contribution < 1.29 is 4.79 Å². The SMILES string of the molecule is CN1C(=O)Cc2cc(C(=N)N)ccc21. The molecule has 1 aliphatic rings. The summed E-state index contributed by atoms with van der Waals surface area (Å²) in [6, 6.07) is 5.40. The van der Waals surface area contributed by atoms with Crippen LogP contribution in [0.15, 0.2) is 18.2 Å². The van der Waals surface area contributed by atoms with Crippen LogP contribution in [0.25, 0.3) is 0 Å². The summed E-state index contributed by atoms with van der Waals surface area (Å²) in [5.41, 5.74) is 7.90. The number of benzene rings is 1. The number of likely N-dealkylation sites (N-methyl/N-ethyl adjacent to an activating group) is 1. The van der Waals surface area contributed by atoms with E-state index in [0.717, 1.165) is 11.3 Å². The number of nitrogen functional groups attached to an aromatic ring is 1. The first-order valence-electron chi connectivity index (χ1n) is 4.33. The summed E-state index contributed by atoms with van der Waals surface area (Å²) in [4.78, 5) is 13.0. The molecule has 0 spiro atoms. The Morgan fingerprint density at radius 3 is 2.93 bits per heavy atom. The molecule has 0 saturated heterocycles. The lowest BCUT2D eigenvalue weighted by molar-refractivity contribution is -0.117. The molecule has 72 valence electrons. The van der Waals surface area contributed by atoms with Crippen molar-refractivity contribution in [1.82, 2.24) is 0 Å². The molecular weight excluding hydrogens is 178 g/mol. The maximum Gasteiger partial charge on any atom is 0.231 e. The van der Waals surface area contributed by atoms with Crippen LogP contribution in [0.1, 0.15) is 11.1 Å². The summed E-state index contributed by atoms with van der Waals surface area (Å²) in [5.74, 6) is 0.121. The first-order valence-corrected chi connectivity index (χ1v) is 4.33. The van der Waals surface area contributed by atoms with Gasteiger partial charge in [0, 0.05) is 18.3 Å². The van der Waals surface area contributed by atoms with E-state index in [1.165, 1.54) is 0 Å². The molecule has 1 aliphatic heterocycles. The van der Waals surface area contributed by atoms with Crippen molar-refractivity contribution in [3.05, 3.63) is 29.3 Å². The quantitative estimate of drug-likeness (QED) is 0.498. The van der Waals surface area contributed by atoms with Gasteiger partial charge in [-0.2, -0.15) is 0 Å². The fraction of sp³-hybridized carbons (Fsp3) is 0.200. The molecule has 2 rings (SSSR count). The normalized spacial score (nSPS) is 14.4. The van der Waals surface area contributed by atoms with Crippen LogP contribution in [-0.4, -0.2) is 18.8 Å². The molecule has 0 atom stereocenters. The Hall–Kier alpha value is -1.84. The van der Waals surface area contributed by atoms with Gasteiger partial charge in [0.1, 0.15) is 5.84 Å². The second-order valence-corrected chi connectivity index (χ2v) is 3.39. The molecule has 1 aromatic carbocycles. The van der Waals surface area contributed by atoms with Crippen LogP contribution in [0, 0.1) is 5.41 Å². The minimum Gasteiger partial charge on any atom is -0.384 e. The summed E-state index contributed by atoms with van der Waals surface area (Å²) >= 11 is 0. The number of fused-ring (bicyclic) bond motifs is 1. The number of nitrogens with zero attached hydrogens (tertiary/aromatic N) is 1. The Balaban J connectivity index is 2.49. The van der Waals surface area contributed by atoms with Gasteiger partial charge in [-0.15, -0.1) is 0 Å². The van der Waals surface area contributed by atoms with Crippen LogP contribution >= 0.6 is 0 Å². The van der Waals surface area contributed by atoms with Gasteiger partial charge < -0.3 is 10.6 Å². The van der Waals surface area contributed by atoms with Crippen LogP contribution in [0.5, 0.6) is 0 Å². The molecule has 4 heteroatoms. The lowest BCUT2D eigenvalue weighted by atomic mass is 10.1. The van der Waals surface area contributed by atoms with Crippen LogP contribution in [0.3, 0.4) is 0 Å². The summed E-state index contributed by atoms with van der Waals surface area (Å²) < 4.78 is 0. The summed E-state index contributed by atoms with van der Waals surface area (Å²) in [7, 11) is 1.75. The fourth-order valence-corrected chi connectivity index (χ4v) is 1.64. The number of carbonyl (C=O) groups excluding carboxylic acids is 1. The zero-order chi connectivity index (χ0) is 10.3. The molecule has 0 aromatic heterocycles. The highest BCUT2D eigenvalue weighted by molar-refractivity contribution is 6.03. The van der Waals surface area contributed by atoms with Crippen LogP contribution in [0.4, 0.5) is 5.69 Å². The number of amidine groups is 1. The molecule has 0 radical (unpaired) electrons. The predicted molar refractivity (Wildman–Crippen MR) is 54.6 cm³/mol. The number of hydrogen-bond acceptors (Lipinski definition) is 2. The second-order valence-electron chi connectivity index (χ2n) is 3.39. The van der Waals surface area contributed by atoms with Gasteiger partial charge in [-0.05, 0) is 23.8 Å². The molecule has 1 amide bonds. The van der Waals surface area contributed by atoms with E-state index in [4.69, 9.17) is 11.1 Å². The average molecular weight is 189 g/mol. The molecular formula is C10H11N3O. The second kappa shape index (κ2) is 2.83. The average Bonchev–Trinajstić information content (AvgIpc) is 2.42. The fourth-order valence-electron chi connectivity index (χ4n) is 1.64. The van der Waals surface area contributed by atoms with E-state index < -0.39 is 0 Å². The van der Waals surface area contributed by atoms with Gasteiger partial charge in [-0.1, -0.05) is 0 Å². The number of nitrogens with two attached hydrogens (primary N) is 1. The Morgan fingerprint density at radius 1 is 1.57 bits per heavy atom. The zero-order valence-corrected chi connectivity index (χ0v) is 7.87. The maximum atomic E-state index is 11.4. The van der Waals surface area contributed by atoms with E-state index in [9.17, 15) is 4.79 Å². The predicted octanol–water partition coefficient (Wildman–Crippen LogP) is 0.490. The van der Waals surface area contributed by atoms with Crippen LogP contribution in [-0.2, 0) is 11.2 Å².